The Morgan fingerprint density at radius 3 is 2.12 bits per heavy atom. The van der Waals surface area contributed by atoms with Crippen molar-refractivity contribution < 1.29 is 14.3 Å². The van der Waals surface area contributed by atoms with E-state index < -0.39 is 6.04 Å². The van der Waals surface area contributed by atoms with Crippen LogP contribution >= 0.6 is 0 Å². The van der Waals surface area contributed by atoms with Crippen molar-refractivity contribution in [1.82, 2.24) is 5.32 Å². The van der Waals surface area contributed by atoms with Crippen LogP contribution in [0.3, 0.4) is 0 Å². The molecule has 0 aliphatic heterocycles. The number of rotatable bonds is 7. The zero-order valence-electron chi connectivity index (χ0n) is 11.6. The minimum absolute atomic E-state index is 0.0845. The highest BCUT2D eigenvalue weighted by atomic mass is 16.5. The quantitative estimate of drug-likeness (QED) is 0.697. The first kappa shape index (κ1) is 15.9. The van der Waals surface area contributed by atoms with Crippen LogP contribution in [0.5, 0.6) is 0 Å². The van der Waals surface area contributed by atoms with Crippen LogP contribution < -0.4 is 5.32 Å². The molecule has 4 nitrogen and oxygen atoms in total. The van der Waals surface area contributed by atoms with Crippen LogP contribution in [0.2, 0.25) is 0 Å². The molecule has 0 spiro atoms. The standard InChI is InChI=1S/C13H25NO3/c1-6-17-13(16)11(7-9(2)3)14-12(15)8-10(4)5/h9-11H,6-8H2,1-5H3,(H,14,15)/t11-/m0/s1. The van der Waals surface area contributed by atoms with Gasteiger partial charge in [-0.3, -0.25) is 4.79 Å². The summed E-state index contributed by atoms with van der Waals surface area (Å²) < 4.78 is 4.96. The lowest BCUT2D eigenvalue weighted by Crippen LogP contribution is -2.43. The Morgan fingerprint density at radius 1 is 1.12 bits per heavy atom. The van der Waals surface area contributed by atoms with Gasteiger partial charge in [0.25, 0.3) is 0 Å². The predicted octanol–water partition coefficient (Wildman–Crippen LogP) is 2.13. The van der Waals surface area contributed by atoms with E-state index in [-0.39, 0.29) is 17.8 Å². The third kappa shape index (κ3) is 7.77. The molecule has 0 fully saturated rings. The first-order chi connectivity index (χ1) is 7.86. The van der Waals surface area contributed by atoms with E-state index in [1.165, 1.54) is 0 Å². The summed E-state index contributed by atoms with van der Waals surface area (Å²) in [6.45, 7) is 10.1. The fourth-order valence-electron chi connectivity index (χ4n) is 1.55. The van der Waals surface area contributed by atoms with Gasteiger partial charge in [0.15, 0.2) is 0 Å². The average molecular weight is 243 g/mol. The molecule has 0 saturated heterocycles. The van der Waals surface area contributed by atoms with Gasteiger partial charge in [-0.15, -0.1) is 0 Å². The number of esters is 1. The smallest absolute Gasteiger partial charge is 0.328 e. The Kier molecular flexibility index (Phi) is 7.59. The fourth-order valence-corrected chi connectivity index (χ4v) is 1.55. The second kappa shape index (κ2) is 8.09. The minimum atomic E-state index is -0.513. The summed E-state index contributed by atoms with van der Waals surface area (Å²) in [6.07, 6.45) is 1.05. The fraction of sp³-hybridized carbons (Fsp3) is 0.846. The SMILES string of the molecule is CCOC(=O)[C@H](CC(C)C)NC(=O)CC(C)C. The summed E-state index contributed by atoms with van der Waals surface area (Å²) in [4.78, 5) is 23.3. The summed E-state index contributed by atoms with van der Waals surface area (Å²) in [7, 11) is 0. The maximum Gasteiger partial charge on any atom is 0.328 e. The van der Waals surface area contributed by atoms with Gasteiger partial charge in [-0.2, -0.15) is 0 Å². The number of ether oxygens (including phenoxy) is 1. The summed E-state index contributed by atoms with van der Waals surface area (Å²) in [5, 5.41) is 2.75. The van der Waals surface area contributed by atoms with Crippen LogP contribution in [-0.4, -0.2) is 24.5 Å². The van der Waals surface area contributed by atoms with Gasteiger partial charge in [0, 0.05) is 6.42 Å². The molecule has 0 aliphatic rings. The van der Waals surface area contributed by atoms with Crippen molar-refractivity contribution in [3.05, 3.63) is 0 Å². The third-order valence-corrected chi connectivity index (χ3v) is 2.21. The molecule has 1 N–H and O–H groups in total. The molecule has 0 aromatic rings. The van der Waals surface area contributed by atoms with Crippen LogP contribution in [0, 0.1) is 11.8 Å². The molecule has 0 saturated carbocycles. The maximum absolute atomic E-state index is 11.7. The Labute approximate surface area is 104 Å². The zero-order chi connectivity index (χ0) is 13.4. The molecule has 0 aliphatic carbocycles. The first-order valence-electron chi connectivity index (χ1n) is 6.32. The molecule has 0 bridgehead atoms. The molecule has 1 atom stereocenters. The molecule has 17 heavy (non-hydrogen) atoms. The van der Waals surface area contributed by atoms with Gasteiger partial charge in [-0.1, -0.05) is 27.7 Å². The zero-order valence-corrected chi connectivity index (χ0v) is 11.6. The summed E-state index contributed by atoms with van der Waals surface area (Å²) in [5.74, 6) is 0.206. The summed E-state index contributed by atoms with van der Waals surface area (Å²) in [5.41, 5.74) is 0. The molecular formula is C13H25NO3. The van der Waals surface area contributed by atoms with E-state index in [9.17, 15) is 9.59 Å². The molecule has 0 aromatic heterocycles. The molecule has 0 unspecified atom stereocenters. The van der Waals surface area contributed by atoms with Crippen molar-refractivity contribution in [2.45, 2.75) is 53.5 Å². The highest BCUT2D eigenvalue weighted by Crippen LogP contribution is 2.08. The van der Waals surface area contributed by atoms with Gasteiger partial charge in [0.05, 0.1) is 6.61 Å². The molecule has 0 heterocycles. The van der Waals surface area contributed by atoms with Crippen molar-refractivity contribution in [1.29, 1.82) is 0 Å². The van der Waals surface area contributed by atoms with Crippen molar-refractivity contribution in [2.75, 3.05) is 6.61 Å². The number of hydrogen-bond donors (Lipinski definition) is 1. The highest BCUT2D eigenvalue weighted by molar-refractivity contribution is 5.84. The normalized spacial score (nSPS) is 12.6. The number of carbonyl (C=O) groups excluding carboxylic acids is 2. The number of hydrogen-bond acceptors (Lipinski definition) is 3. The van der Waals surface area contributed by atoms with E-state index in [1.807, 2.05) is 27.7 Å². The Bertz CT molecular complexity index is 249. The average Bonchev–Trinajstić information content (AvgIpc) is 2.14. The van der Waals surface area contributed by atoms with E-state index in [0.717, 1.165) is 0 Å². The van der Waals surface area contributed by atoms with Gasteiger partial charge in [-0.05, 0) is 25.2 Å². The number of carbonyl (C=O) groups is 2. The van der Waals surface area contributed by atoms with Crippen molar-refractivity contribution >= 4 is 11.9 Å². The second-order valence-electron chi connectivity index (χ2n) is 5.10. The van der Waals surface area contributed by atoms with Crippen LogP contribution in [0.4, 0.5) is 0 Å². The first-order valence-corrected chi connectivity index (χ1v) is 6.32. The number of amides is 1. The molecule has 0 radical (unpaired) electrons. The van der Waals surface area contributed by atoms with Gasteiger partial charge in [-0.25, -0.2) is 4.79 Å². The lowest BCUT2D eigenvalue weighted by atomic mass is 10.0. The predicted molar refractivity (Wildman–Crippen MR) is 67.5 cm³/mol. The monoisotopic (exact) mass is 243 g/mol. The molecule has 100 valence electrons. The molecular weight excluding hydrogens is 218 g/mol. The van der Waals surface area contributed by atoms with E-state index >= 15 is 0 Å². The van der Waals surface area contributed by atoms with Crippen LogP contribution in [-0.2, 0) is 14.3 Å². The van der Waals surface area contributed by atoms with Gasteiger partial charge < -0.3 is 10.1 Å². The summed E-state index contributed by atoms with van der Waals surface area (Å²) in [6, 6.07) is -0.513. The molecule has 1 amide bonds. The minimum Gasteiger partial charge on any atom is -0.464 e. The van der Waals surface area contributed by atoms with Crippen LogP contribution in [0.15, 0.2) is 0 Å². The van der Waals surface area contributed by atoms with Gasteiger partial charge in [0.2, 0.25) is 5.91 Å². The topological polar surface area (TPSA) is 55.4 Å². The highest BCUT2D eigenvalue weighted by Gasteiger charge is 2.23. The number of nitrogens with one attached hydrogen (secondary N) is 1. The van der Waals surface area contributed by atoms with Crippen molar-refractivity contribution in [3.63, 3.8) is 0 Å². The lowest BCUT2D eigenvalue weighted by Gasteiger charge is -2.19. The van der Waals surface area contributed by atoms with Crippen molar-refractivity contribution in [2.24, 2.45) is 11.8 Å². The maximum atomic E-state index is 11.7. The largest absolute Gasteiger partial charge is 0.464 e. The Hall–Kier alpha value is -1.06. The van der Waals surface area contributed by atoms with E-state index in [1.54, 1.807) is 6.92 Å². The van der Waals surface area contributed by atoms with E-state index in [0.29, 0.717) is 25.4 Å². The molecule has 0 aromatic carbocycles. The van der Waals surface area contributed by atoms with E-state index in [4.69, 9.17) is 4.74 Å². The van der Waals surface area contributed by atoms with E-state index in [2.05, 4.69) is 5.32 Å². The Balaban J connectivity index is 4.37. The second-order valence-corrected chi connectivity index (χ2v) is 5.10. The van der Waals surface area contributed by atoms with Gasteiger partial charge >= 0.3 is 5.97 Å². The Morgan fingerprint density at radius 2 is 1.71 bits per heavy atom. The van der Waals surface area contributed by atoms with Gasteiger partial charge in [0.1, 0.15) is 6.04 Å². The summed E-state index contributed by atoms with van der Waals surface area (Å²) >= 11 is 0. The molecule has 0 rings (SSSR count). The van der Waals surface area contributed by atoms with Crippen molar-refractivity contribution in [3.8, 4) is 0 Å². The molecule has 4 heteroatoms. The van der Waals surface area contributed by atoms with Crippen LogP contribution in [0.1, 0.15) is 47.5 Å². The van der Waals surface area contributed by atoms with Crippen LogP contribution in [0.25, 0.3) is 0 Å². The lowest BCUT2D eigenvalue weighted by molar-refractivity contribution is -0.148. The third-order valence-electron chi connectivity index (χ3n) is 2.21.